The van der Waals surface area contributed by atoms with E-state index in [1.165, 1.54) is 11.1 Å². The Kier molecular flexibility index (Phi) is 12.7. The van der Waals surface area contributed by atoms with E-state index in [0.717, 1.165) is 49.5 Å². The number of amides is 1. The lowest BCUT2D eigenvalue weighted by Gasteiger charge is -2.37. The number of likely N-dealkylation sites (tertiary alicyclic amines) is 1. The van der Waals surface area contributed by atoms with Gasteiger partial charge < -0.3 is 14.4 Å². The standard InChI is InChI=1S/C34H47ClFN3O4S/c1-6-42-22-32(39-17-8-18-39)30(36)15-11-23(2)24(3)44(41)37-34(40)26-12-16-33(31(20-26)38(4)5)43-21-27-10-7-9-25-19-28(35)13-14-29(25)27/h12-16,19-20,23-24,27,32H,6-11,17-18,21-22H2,1-5H3,(H,37,40)/b30-15-. The van der Waals surface area contributed by atoms with Crippen molar-refractivity contribution in [3.8, 4) is 5.75 Å². The molecule has 0 radical (unpaired) electrons. The van der Waals surface area contributed by atoms with Crippen LogP contribution in [0.4, 0.5) is 10.1 Å². The molecule has 1 aliphatic heterocycles. The second-order valence-electron chi connectivity index (χ2n) is 12.1. The summed E-state index contributed by atoms with van der Waals surface area (Å²) in [5.41, 5.74) is 3.73. The summed E-state index contributed by atoms with van der Waals surface area (Å²) >= 11 is 6.21. The van der Waals surface area contributed by atoms with E-state index >= 15 is 4.39 Å². The number of nitrogens with one attached hydrogen (secondary N) is 1. The maximum absolute atomic E-state index is 15.1. The van der Waals surface area contributed by atoms with Crippen LogP contribution in [-0.4, -0.2) is 73.3 Å². The van der Waals surface area contributed by atoms with Crippen molar-refractivity contribution in [3.05, 3.63) is 70.0 Å². The Morgan fingerprint density at radius 3 is 2.66 bits per heavy atom. The quantitative estimate of drug-likeness (QED) is 0.233. The lowest BCUT2D eigenvalue weighted by molar-refractivity contribution is 0.0413. The number of fused-ring (bicyclic) bond motifs is 1. The van der Waals surface area contributed by atoms with Crippen LogP contribution in [0.3, 0.4) is 0 Å². The molecule has 242 valence electrons. The molecule has 2 aromatic carbocycles. The molecule has 7 nitrogen and oxygen atoms in total. The highest BCUT2D eigenvalue weighted by Crippen LogP contribution is 2.35. The Morgan fingerprint density at radius 2 is 1.98 bits per heavy atom. The monoisotopic (exact) mass is 647 g/mol. The van der Waals surface area contributed by atoms with Crippen molar-refractivity contribution in [2.45, 2.75) is 70.1 Å². The average Bonchev–Trinajstić information content (AvgIpc) is 2.98. The van der Waals surface area contributed by atoms with E-state index in [-0.39, 0.29) is 29.0 Å². The van der Waals surface area contributed by atoms with Crippen LogP contribution in [0.2, 0.25) is 5.02 Å². The Morgan fingerprint density at radius 1 is 1.20 bits per heavy atom. The molecule has 0 bridgehead atoms. The minimum absolute atomic E-state index is 0.111. The van der Waals surface area contributed by atoms with E-state index in [4.69, 9.17) is 21.1 Å². The van der Waals surface area contributed by atoms with E-state index in [1.54, 1.807) is 24.3 Å². The second kappa shape index (κ2) is 16.2. The van der Waals surface area contributed by atoms with E-state index in [0.29, 0.717) is 37.6 Å². The average molecular weight is 648 g/mol. The molecule has 2 aromatic rings. The van der Waals surface area contributed by atoms with Crippen LogP contribution in [0.25, 0.3) is 0 Å². The van der Waals surface area contributed by atoms with Crippen LogP contribution in [0.15, 0.2) is 48.3 Å². The highest BCUT2D eigenvalue weighted by atomic mass is 35.5. The summed E-state index contributed by atoms with van der Waals surface area (Å²) in [7, 11) is 2.15. The normalized spacial score (nSPS) is 19.7. The Bertz CT molecular complexity index is 1340. The highest BCUT2D eigenvalue weighted by Gasteiger charge is 2.28. The summed E-state index contributed by atoms with van der Waals surface area (Å²) in [4.78, 5) is 17.1. The topological polar surface area (TPSA) is 71.1 Å². The minimum Gasteiger partial charge on any atom is -0.491 e. The fourth-order valence-electron chi connectivity index (χ4n) is 5.70. The summed E-state index contributed by atoms with van der Waals surface area (Å²) in [5, 5.41) is 0.384. The summed E-state index contributed by atoms with van der Waals surface area (Å²) in [6.45, 7) is 8.78. The van der Waals surface area contributed by atoms with Crippen LogP contribution in [0.1, 0.15) is 73.9 Å². The van der Waals surface area contributed by atoms with Gasteiger partial charge in [0.2, 0.25) is 0 Å². The molecular formula is C34H47ClFN3O4S. The lowest BCUT2D eigenvalue weighted by Crippen LogP contribution is -2.47. The van der Waals surface area contributed by atoms with E-state index in [9.17, 15) is 9.00 Å². The minimum atomic E-state index is -1.65. The van der Waals surface area contributed by atoms with Crippen molar-refractivity contribution in [3.63, 3.8) is 0 Å². The van der Waals surface area contributed by atoms with Gasteiger partial charge in [0.25, 0.3) is 5.91 Å². The van der Waals surface area contributed by atoms with Crippen LogP contribution >= 0.6 is 11.6 Å². The molecule has 1 heterocycles. The van der Waals surface area contributed by atoms with Gasteiger partial charge in [-0.25, -0.2) is 8.60 Å². The third-order valence-electron chi connectivity index (χ3n) is 8.83. The van der Waals surface area contributed by atoms with Gasteiger partial charge in [0.15, 0.2) is 0 Å². The maximum atomic E-state index is 15.1. The number of anilines is 1. The zero-order valence-corrected chi connectivity index (χ0v) is 28.2. The molecule has 5 atom stereocenters. The first-order valence-corrected chi connectivity index (χ1v) is 17.3. The van der Waals surface area contributed by atoms with Gasteiger partial charge in [-0.15, -0.1) is 0 Å². The van der Waals surface area contributed by atoms with Gasteiger partial charge in [-0.1, -0.05) is 30.7 Å². The van der Waals surface area contributed by atoms with Gasteiger partial charge >= 0.3 is 0 Å². The van der Waals surface area contributed by atoms with Gasteiger partial charge in [0.1, 0.15) is 22.6 Å². The maximum Gasteiger partial charge on any atom is 0.263 e. The van der Waals surface area contributed by atoms with Crippen LogP contribution < -0.4 is 14.4 Å². The van der Waals surface area contributed by atoms with Crippen molar-refractivity contribution in [2.75, 3.05) is 51.9 Å². The molecule has 10 heteroatoms. The number of ether oxygens (including phenoxy) is 2. The van der Waals surface area contributed by atoms with Gasteiger partial charge in [-0.3, -0.25) is 14.4 Å². The van der Waals surface area contributed by atoms with E-state index in [2.05, 4.69) is 21.8 Å². The number of carbonyl (C=O) groups excluding carboxylic acids is 1. The zero-order chi connectivity index (χ0) is 31.8. The number of allylic oxidation sites excluding steroid dienone is 1. The second-order valence-corrected chi connectivity index (χ2v) is 14.1. The van der Waals surface area contributed by atoms with Gasteiger partial charge in [0.05, 0.1) is 30.2 Å². The van der Waals surface area contributed by atoms with Crippen molar-refractivity contribution in [1.82, 2.24) is 9.62 Å². The summed E-state index contributed by atoms with van der Waals surface area (Å²) in [6.07, 6.45) is 6.24. The number of aryl methyl sites for hydroxylation is 1. The molecule has 1 aliphatic carbocycles. The molecular weight excluding hydrogens is 601 g/mol. The molecule has 1 amide bonds. The van der Waals surface area contributed by atoms with E-state index < -0.39 is 16.9 Å². The Hall–Kier alpha value is -2.46. The third-order valence-corrected chi connectivity index (χ3v) is 10.6. The number of hydrogen-bond donors (Lipinski definition) is 1. The SMILES string of the molecule is CCOCC(/C(F)=C/CC(C)C(C)S(=O)NC(=O)c1ccc(OCC2CCCc3cc(Cl)ccc32)c(N(C)C)c1)N1CCC1. The predicted octanol–water partition coefficient (Wildman–Crippen LogP) is 6.68. The molecule has 1 saturated heterocycles. The zero-order valence-electron chi connectivity index (χ0n) is 26.6. The molecule has 4 rings (SSSR count). The molecule has 44 heavy (non-hydrogen) atoms. The molecule has 5 unspecified atom stereocenters. The lowest BCUT2D eigenvalue weighted by atomic mass is 9.83. The molecule has 1 N–H and O–H groups in total. The predicted molar refractivity (Wildman–Crippen MR) is 178 cm³/mol. The number of benzene rings is 2. The number of hydrogen-bond acceptors (Lipinski definition) is 6. The number of rotatable bonds is 15. The van der Waals surface area contributed by atoms with Crippen molar-refractivity contribution in [1.29, 1.82) is 0 Å². The van der Waals surface area contributed by atoms with Gasteiger partial charge in [-0.2, -0.15) is 0 Å². The number of carbonyl (C=O) groups is 1. The largest absolute Gasteiger partial charge is 0.491 e. The first-order chi connectivity index (χ1) is 21.1. The van der Waals surface area contributed by atoms with Crippen molar-refractivity contribution >= 4 is 34.2 Å². The molecule has 0 saturated carbocycles. The van der Waals surface area contributed by atoms with Gasteiger partial charge in [0, 0.05) is 50.3 Å². The third kappa shape index (κ3) is 8.83. The summed E-state index contributed by atoms with van der Waals surface area (Å²) in [5.74, 6) is 0.217. The number of halogens is 2. The fraction of sp³-hybridized carbons (Fsp3) is 0.559. The Balaban J connectivity index is 1.35. The molecule has 0 spiro atoms. The summed E-state index contributed by atoms with van der Waals surface area (Å²) < 4.78 is 42.7. The van der Waals surface area contributed by atoms with Crippen molar-refractivity contribution < 1.29 is 22.9 Å². The first kappa shape index (κ1) is 34.4. The number of nitrogens with zero attached hydrogens (tertiary/aromatic N) is 2. The van der Waals surface area contributed by atoms with Crippen LogP contribution in [-0.2, 0) is 22.1 Å². The molecule has 2 aliphatic rings. The smallest absolute Gasteiger partial charge is 0.263 e. The van der Waals surface area contributed by atoms with Crippen LogP contribution in [0, 0.1) is 5.92 Å². The molecule has 1 fully saturated rings. The van der Waals surface area contributed by atoms with E-state index in [1.807, 2.05) is 45.8 Å². The van der Waals surface area contributed by atoms with Crippen molar-refractivity contribution in [2.24, 2.45) is 5.92 Å². The Labute approximate surface area is 269 Å². The summed E-state index contributed by atoms with van der Waals surface area (Å²) in [6, 6.07) is 11.0. The highest BCUT2D eigenvalue weighted by molar-refractivity contribution is 7.84. The molecule has 0 aromatic heterocycles. The van der Waals surface area contributed by atoms with Gasteiger partial charge in [-0.05, 0) is 93.3 Å². The first-order valence-electron chi connectivity index (χ1n) is 15.7. The fourth-order valence-corrected chi connectivity index (χ4v) is 6.91. The van der Waals surface area contributed by atoms with Crippen LogP contribution in [0.5, 0.6) is 5.75 Å².